The predicted molar refractivity (Wildman–Crippen MR) is 133 cm³/mol. The number of para-hydroxylation sites is 1. The SMILES string of the molecule is N#CC1(NC(=O)CCC2(C(N)=O)CCCCC2)CCN(Cc2cccc(Oc3ccccc3)c2)C1. The second kappa shape index (κ2) is 10.9. The largest absolute Gasteiger partial charge is 0.457 e. The number of amides is 2. The highest BCUT2D eigenvalue weighted by Gasteiger charge is 2.41. The fourth-order valence-corrected chi connectivity index (χ4v) is 5.37. The maximum atomic E-state index is 12.8. The summed E-state index contributed by atoms with van der Waals surface area (Å²) in [5.41, 5.74) is 5.30. The first-order chi connectivity index (χ1) is 16.9. The molecule has 1 saturated heterocycles. The third-order valence-corrected chi connectivity index (χ3v) is 7.39. The van der Waals surface area contributed by atoms with Gasteiger partial charge in [0, 0.05) is 31.5 Å². The summed E-state index contributed by atoms with van der Waals surface area (Å²) in [5.74, 6) is 1.06. The van der Waals surface area contributed by atoms with Gasteiger partial charge in [0.05, 0.1) is 6.07 Å². The Bertz CT molecular complexity index is 1080. The Kier molecular flexibility index (Phi) is 7.72. The lowest BCUT2D eigenvalue weighted by molar-refractivity contribution is -0.131. The molecule has 2 aromatic rings. The molecule has 2 aliphatic rings. The number of nitrogens with zero attached hydrogens (tertiary/aromatic N) is 2. The average Bonchev–Trinajstić information content (AvgIpc) is 3.26. The van der Waals surface area contributed by atoms with Crippen LogP contribution in [0.3, 0.4) is 0 Å². The van der Waals surface area contributed by atoms with Crippen molar-refractivity contribution in [1.82, 2.24) is 10.2 Å². The Morgan fingerprint density at radius 1 is 1.03 bits per heavy atom. The molecule has 1 aliphatic heterocycles. The lowest BCUT2D eigenvalue weighted by Gasteiger charge is -2.34. The second-order valence-corrected chi connectivity index (χ2v) is 9.97. The van der Waals surface area contributed by atoms with Gasteiger partial charge in [-0.2, -0.15) is 5.26 Å². The number of rotatable bonds is 9. The molecule has 3 N–H and O–H groups in total. The fraction of sp³-hybridized carbons (Fsp3) is 0.464. The van der Waals surface area contributed by atoms with Crippen molar-refractivity contribution in [3.8, 4) is 17.6 Å². The lowest BCUT2D eigenvalue weighted by atomic mass is 9.70. The van der Waals surface area contributed by atoms with E-state index in [1.165, 1.54) is 0 Å². The number of nitrogens with one attached hydrogen (secondary N) is 1. The van der Waals surface area contributed by atoms with Crippen LogP contribution in [0.4, 0.5) is 0 Å². The van der Waals surface area contributed by atoms with Crippen LogP contribution in [0.15, 0.2) is 54.6 Å². The van der Waals surface area contributed by atoms with E-state index in [0.29, 0.717) is 32.5 Å². The number of carbonyl (C=O) groups is 2. The summed E-state index contributed by atoms with van der Waals surface area (Å²) in [5, 5.41) is 12.9. The molecule has 1 aliphatic carbocycles. The van der Waals surface area contributed by atoms with Crippen molar-refractivity contribution in [2.75, 3.05) is 13.1 Å². The molecule has 7 heteroatoms. The van der Waals surface area contributed by atoms with Crippen LogP contribution in [0.2, 0.25) is 0 Å². The number of nitriles is 1. The standard InChI is InChI=1S/C28H34N4O3/c29-20-28(31-25(33)12-15-27(26(30)34)13-5-2-6-14-27)16-17-32(21-28)19-22-8-7-11-24(18-22)35-23-9-3-1-4-10-23/h1,3-4,7-11,18H,2,5-6,12-17,19,21H2,(H2,30,34)(H,31,33). The molecule has 2 fully saturated rings. The Balaban J connectivity index is 1.32. The maximum absolute atomic E-state index is 12.8. The van der Waals surface area contributed by atoms with Gasteiger partial charge in [-0.1, -0.05) is 49.6 Å². The van der Waals surface area contributed by atoms with Crippen molar-refractivity contribution in [1.29, 1.82) is 5.26 Å². The summed E-state index contributed by atoms with van der Waals surface area (Å²) in [7, 11) is 0. The Morgan fingerprint density at radius 3 is 2.49 bits per heavy atom. The van der Waals surface area contributed by atoms with Gasteiger partial charge in [-0.25, -0.2) is 0 Å². The molecule has 0 bridgehead atoms. The van der Waals surface area contributed by atoms with Crippen LogP contribution in [-0.2, 0) is 16.1 Å². The zero-order valence-electron chi connectivity index (χ0n) is 20.2. The number of benzene rings is 2. The van der Waals surface area contributed by atoms with Crippen LogP contribution in [0.1, 0.15) is 56.9 Å². The number of hydrogen-bond acceptors (Lipinski definition) is 5. The highest BCUT2D eigenvalue weighted by atomic mass is 16.5. The molecular formula is C28H34N4O3. The van der Waals surface area contributed by atoms with Crippen LogP contribution < -0.4 is 15.8 Å². The normalized spacial score (nSPS) is 21.7. The van der Waals surface area contributed by atoms with Crippen molar-refractivity contribution in [3.05, 3.63) is 60.2 Å². The van der Waals surface area contributed by atoms with Gasteiger partial charge in [0.25, 0.3) is 0 Å². The van der Waals surface area contributed by atoms with Crippen molar-refractivity contribution in [2.45, 2.75) is 63.5 Å². The van der Waals surface area contributed by atoms with E-state index in [9.17, 15) is 14.9 Å². The molecule has 1 saturated carbocycles. The third-order valence-electron chi connectivity index (χ3n) is 7.39. The smallest absolute Gasteiger partial charge is 0.223 e. The van der Waals surface area contributed by atoms with E-state index in [4.69, 9.17) is 10.5 Å². The summed E-state index contributed by atoms with van der Waals surface area (Å²) in [6.45, 7) is 1.83. The maximum Gasteiger partial charge on any atom is 0.223 e. The van der Waals surface area contributed by atoms with Crippen molar-refractivity contribution in [3.63, 3.8) is 0 Å². The Hall–Kier alpha value is -3.37. The zero-order valence-corrected chi connectivity index (χ0v) is 20.2. The molecule has 0 radical (unpaired) electrons. The van der Waals surface area contributed by atoms with E-state index >= 15 is 0 Å². The molecule has 1 unspecified atom stereocenters. The first kappa shape index (κ1) is 24.7. The van der Waals surface area contributed by atoms with Crippen molar-refractivity contribution in [2.24, 2.45) is 11.1 Å². The summed E-state index contributed by atoms with van der Waals surface area (Å²) >= 11 is 0. The van der Waals surface area contributed by atoms with Crippen molar-refractivity contribution < 1.29 is 14.3 Å². The minimum atomic E-state index is -0.915. The van der Waals surface area contributed by atoms with Gasteiger partial charge in [-0.15, -0.1) is 0 Å². The molecule has 2 aromatic carbocycles. The van der Waals surface area contributed by atoms with Crippen molar-refractivity contribution >= 4 is 11.8 Å². The molecule has 1 heterocycles. The molecule has 7 nitrogen and oxygen atoms in total. The van der Waals surface area contributed by atoms with Gasteiger partial charge in [-0.3, -0.25) is 14.5 Å². The first-order valence-electron chi connectivity index (χ1n) is 12.5. The van der Waals surface area contributed by atoms with Gasteiger partial charge < -0.3 is 15.8 Å². The van der Waals surface area contributed by atoms with E-state index < -0.39 is 11.0 Å². The van der Waals surface area contributed by atoms with Crippen LogP contribution in [0.25, 0.3) is 0 Å². The number of nitrogens with two attached hydrogens (primary N) is 1. The quantitative estimate of drug-likeness (QED) is 0.564. The molecule has 35 heavy (non-hydrogen) atoms. The number of carbonyl (C=O) groups excluding carboxylic acids is 2. The molecule has 0 spiro atoms. The summed E-state index contributed by atoms with van der Waals surface area (Å²) < 4.78 is 5.94. The highest BCUT2D eigenvalue weighted by Crippen LogP contribution is 2.40. The van der Waals surface area contributed by atoms with E-state index in [1.807, 2.05) is 54.6 Å². The molecule has 1 atom stereocenters. The molecule has 4 rings (SSSR count). The molecule has 184 valence electrons. The minimum Gasteiger partial charge on any atom is -0.457 e. The monoisotopic (exact) mass is 474 g/mol. The van der Waals surface area contributed by atoms with Gasteiger partial charge in [0.1, 0.15) is 17.0 Å². The second-order valence-electron chi connectivity index (χ2n) is 9.97. The van der Waals surface area contributed by atoms with E-state index in [-0.39, 0.29) is 18.2 Å². The van der Waals surface area contributed by atoms with Gasteiger partial charge >= 0.3 is 0 Å². The summed E-state index contributed by atoms with van der Waals surface area (Å²) in [6.07, 6.45) is 5.78. The summed E-state index contributed by atoms with van der Waals surface area (Å²) in [6, 6.07) is 19.9. The van der Waals surface area contributed by atoms with Gasteiger partial charge in [0.15, 0.2) is 0 Å². The van der Waals surface area contributed by atoms with E-state index in [1.54, 1.807) is 0 Å². The van der Waals surface area contributed by atoms with Crippen LogP contribution in [0, 0.1) is 16.7 Å². The van der Waals surface area contributed by atoms with Crippen LogP contribution >= 0.6 is 0 Å². The molecule has 2 amide bonds. The number of likely N-dealkylation sites (tertiary alicyclic amines) is 1. The van der Waals surface area contributed by atoms with E-state index in [0.717, 1.165) is 49.2 Å². The molecule has 0 aromatic heterocycles. The average molecular weight is 475 g/mol. The predicted octanol–water partition coefficient (Wildman–Crippen LogP) is 4.28. The first-order valence-corrected chi connectivity index (χ1v) is 12.5. The highest BCUT2D eigenvalue weighted by molar-refractivity contribution is 5.83. The van der Waals surface area contributed by atoms with E-state index in [2.05, 4.69) is 16.3 Å². The Morgan fingerprint density at radius 2 is 1.77 bits per heavy atom. The zero-order chi connectivity index (χ0) is 24.7. The Labute approximate surface area is 207 Å². The lowest BCUT2D eigenvalue weighted by Crippen LogP contribution is -2.50. The van der Waals surface area contributed by atoms with Crippen LogP contribution in [0.5, 0.6) is 11.5 Å². The minimum absolute atomic E-state index is 0.183. The topological polar surface area (TPSA) is 108 Å². The molecular weight excluding hydrogens is 440 g/mol. The summed E-state index contributed by atoms with van der Waals surface area (Å²) in [4.78, 5) is 27.1. The van der Waals surface area contributed by atoms with Gasteiger partial charge in [-0.05, 0) is 55.5 Å². The van der Waals surface area contributed by atoms with Crippen LogP contribution in [-0.4, -0.2) is 35.3 Å². The number of ether oxygens (including phenoxy) is 1. The number of hydrogen-bond donors (Lipinski definition) is 2. The van der Waals surface area contributed by atoms with Gasteiger partial charge in [0.2, 0.25) is 11.8 Å². The number of primary amides is 1. The third kappa shape index (κ3) is 6.20. The fourth-order valence-electron chi connectivity index (χ4n) is 5.37.